The summed E-state index contributed by atoms with van der Waals surface area (Å²) in [6, 6.07) is 20.9. The van der Waals surface area contributed by atoms with E-state index in [0.29, 0.717) is 41.5 Å². The van der Waals surface area contributed by atoms with E-state index in [4.69, 9.17) is 13.9 Å². The summed E-state index contributed by atoms with van der Waals surface area (Å²) in [6.45, 7) is 2.89. The molecule has 180 valence electrons. The van der Waals surface area contributed by atoms with Gasteiger partial charge in [-0.2, -0.15) is 0 Å². The maximum absolute atomic E-state index is 13.8. The summed E-state index contributed by atoms with van der Waals surface area (Å²) in [7, 11) is 0. The molecule has 7 nitrogen and oxygen atoms in total. The van der Waals surface area contributed by atoms with Crippen molar-refractivity contribution in [3.63, 3.8) is 0 Å². The number of anilines is 1. The second-order valence-corrected chi connectivity index (χ2v) is 8.74. The van der Waals surface area contributed by atoms with Gasteiger partial charge in [0.15, 0.2) is 23.0 Å². The predicted molar refractivity (Wildman–Crippen MR) is 134 cm³/mol. The van der Waals surface area contributed by atoms with Crippen molar-refractivity contribution in [1.82, 2.24) is 0 Å². The average Bonchev–Trinajstić information content (AvgIpc) is 3.47. The minimum atomic E-state index is -0.855. The lowest BCUT2D eigenvalue weighted by Crippen LogP contribution is -2.31. The number of aliphatic hydroxyl groups excluding tert-OH is 1. The number of ketones is 1. The lowest BCUT2D eigenvalue weighted by Gasteiger charge is -2.28. The molecule has 0 bridgehead atoms. The van der Waals surface area contributed by atoms with Crippen LogP contribution in [0, 0.1) is 0 Å². The second kappa shape index (κ2) is 8.61. The zero-order chi connectivity index (χ0) is 24.8. The van der Waals surface area contributed by atoms with Crippen LogP contribution in [0.5, 0.6) is 11.5 Å². The highest BCUT2D eigenvalue weighted by Gasteiger charge is 2.45. The number of nitrogens with zero attached hydrogens (tertiary/aromatic N) is 1. The Kier molecular flexibility index (Phi) is 5.25. The fraction of sp³-hybridized carbons (Fsp3) is 0.172. The van der Waals surface area contributed by atoms with Gasteiger partial charge in [0.2, 0.25) is 5.78 Å². The number of carbonyl (C=O) groups is 2. The number of hydrogen-bond donors (Lipinski definition) is 1. The van der Waals surface area contributed by atoms with Crippen LogP contribution in [-0.2, 0) is 11.2 Å². The molecule has 0 saturated heterocycles. The third-order valence-corrected chi connectivity index (χ3v) is 6.61. The fourth-order valence-corrected chi connectivity index (χ4v) is 4.76. The number of carbonyl (C=O) groups excluding carboxylic acids is 2. The van der Waals surface area contributed by atoms with Crippen molar-refractivity contribution in [3.8, 4) is 11.5 Å². The van der Waals surface area contributed by atoms with Crippen LogP contribution in [0.2, 0.25) is 0 Å². The van der Waals surface area contributed by atoms with Crippen molar-refractivity contribution in [1.29, 1.82) is 0 Å². The first-order chi connectivity index (χ1) is 17.5. The average molecular weight is 482 g/mol. The molecule has 7 heteroatoms. The van der Waals surface area contributed by atoms with E-state index in [9.17, 15) is 14.7 Å². The molecule has 6 rings (SSSR count). The SMILES string of the molecule is CCc1ccc(C2C(C(=O)c3cc4ccccc4o3)=C(O)C(=O)N2c2ccc3c(c2)OCCO3)cc1. The Labute approximate surface area is 207 Å². The normalized spacial score (nSPS) is 17.2. The van der Waals surface area contributed by atoms with E-state index >= 15 is 0 Å². The molecule has 3 aromatic carbocycles. The molecule has 36 heavy (non-hydrogen) atoms. The molecule has 1 atom stereocenters. The lowest BCUT2D eigenvalue weighted by atomic mass is 9.94. The molecule has 2 aliphatic rings. The Hall–Kier alpha value is -4.52. The van der Waals surface area contributed by atoms with E-state index in [1.807, 2.05) is 42.5 Å². The Morgan fingerprint density at radius 2 is 1.72 bits per heavy atom. The third kappa shape index (κ3) is 3.51. The number of amides is 1. The first-order valence-corrected chi connectivity index (χ1v) is 11.8. The van der Waals surface area contributed by atoms with Crippen LogP contribution in [0.4, 0.5) is 5.69 Å². The van der Waals surface area contributed by atoms with E-state index < -0.39 is 23.5 Å². The van der Waals surface area contributed by atoms with E-state index in [1.165, 1.54) is 4.90 Å². The van der Waals surface area contributed by atoms with E-state index in [-0.39, 0.29) is 11.3 Å². The lowest BCUT2D eigenvalue weighted by molar-refractivity contribution is -0.117. The summed E-state index contributed by atoms with van der Waals surface area (Å²) in [5, 5.41) is 11.8. The number of aryl methyl sites for hydroxylation is 1. The molecular weight excluding hydrogens is 458 g/mol. The first-order valence-electron chi connectivity index (χ1n) is 11.8. The van der Waals surface area contributed by atoms with Crippen molar-refractivity contribution in [2.24, 2.45) is 0 Å². The van der Waals surface area contributed by atoms with Gasteiger partial charge in [0.25, 0.3) is 5.91 Å². The first kappa shape index (κ1) is 22.0. The van der Waals surface area contributed by atoms with E-state index in [0.717, 1.165) is 17.4 Å². The van der Waals surface area contributed by atoms with Gasteiger partial charge in [0.05, 0.1) is 11.6 Å². The minimum absolute atomic E-state index is 0.0295. The highest BCUT2D eigenvalue weighted by molar-refractivity contribution is 6.20. The number of ether oxygens (including phenoxy) is 2. The molecule has 0 saturated carbocycles. The van der Waals surface area contributed by atoms with Crippen molar-refractivity contribution in [2.75, 3.05) is 18.1 Å². The van der Waals surface area contributed by atoms with Crippen molar-refractivity contribution < 1.29 is 28.6 Å². The van der Waals surface area contributed by atoms with Crippen LogP contribution in [0.15, 0.2) is 88.5 Å². The van der Waals surface area contributed by atoms with Crippen LogP contribution in [0.3, 0.4) is 0 Å². The molecule has 1 N–H and O–H groups in total. The molecule has 2 aliphatic heterocycles. The minimum Gasteiger partial charge on any atom is -0.503 e. The van der Waals surface area contributed by atoms with Gasteiger partial charge in [0, 0.05) is 17.1 Å². The summed E-state index contributed by atoms with van der Waals surface area (Å²) in [6.07, 6.45) is 0.849. The quantitative estimate of drug-likeness (QED) is 0.376. The highest BCUT2D eigenvalue weighted by Crippen LogP contribution is 2.44. The van der Waals surface area contributed by atoms with Crippen LogP contribution >= 0.6 is 0 Å². The zero-order valence-electron chi connectivity index (χ0n) is 19.6. The van der Waals surface area contributed by atoms with Gasteiger partial charge in [-0.15, -0.1) is 0 Å². The van der Waals surface area contributed by atoms with Gasteiger partial charge in [-0.05, 0) is 41.8 Å². The third-order valence-electron chi connectivity index (χ3n) is 6.61. The molecule has 0 spiro atoms. The van der Waals surface area contributed by atoms with Gasteiger partial charge in [-0.25, -0.2) is 0 Å². The van der Waals surface area contributed by atoms with Gasteiger partial charge in [-0.3, -0.25) is 14.5 Å². The van der Waals surface area contributed by atoms with Gasteiger partial charge >= 0.3 is 0 Å². The molecule has 0 radical (unpaired) electrons. The Morgan fingerprint density at radius 3 is 2.47 bits per heavy atom. The summed E-state index contributed by atoms with van der Waals surface area (Å²) in [5.41, 5.74) is 2.81. The number of Topliss-reactive ketones (excluding diaryl/α,β-unsaturated/α-hetero) is 1. The predicted octanol–water partition coefficient (Wildman–Crippen LogP) is 5.55. The number of rotatable bonds is 5. The van der Waals surface area contributed by atoms with Gasteiger partial charge in [0.1, 0.15) is 18.8 Å². The van der Waals surface area contributed by atoms with Gasteiger partial charge in [-0.1, -0.05) is 49.4 Å². The summed E-state index contributed by atoms with van der Waals surface area (Å²) < 4.78 is 17.1. The van der Waals surface area contributed by atoms with E-state index in [2.05, 4.69) is 6.92 Å². The maximum Gasteiger partial charge on any atom is 0.294 e. The fourth-order valence-electron chi connectivity index (χ4n) is 4.76. The van der Waals surface area contributed by atoms with Gasteiger partial charge < -0.3 is 19.0 Å². The molecule has 1 amide bonds. The largest absolute Gasteiger partial charge is 0.503 e. The smallest absolute Gasteiger partial charge is 0.294 e. The molecule has 0 aliphatic carbocycles. The van der Waals surface area contributed by atoms with Crippen LogP contribution in [0.1, 0.15) is 34.6 Å². The summed E-state index contributed by atoms with van der Waals surface area (Å²) in [5.74, 6) is -0.665. The summed E-state index contributed by atoms with van der Waals surface area (Å²) >= 11 is 0. The van der Waals surface area contributed by atoms with Crippen LogP contribution in [0.25, 0.3) is 11.0 Å². The Bertz CT molecular complexity index is 1500. The number of hydrogen-bond acceptors (Lipinski definition) is 6. The maximum atomic E-state index is 13.8. The number of benzene rings is 3. The molecule has 0 fully saturated rings. The Balaban J connectivity index is 1.48. The highest BCUT2D eigenvalue weighted by atomic mass is 16.6. The topological polar surface area (TPSA) is 89.2 Å². The molecule has 3 heterocycles. The second-order valence-electron chi connectivity index (χ2n) is 8.74. The summed E-state index contributed by atoms with van der Waals surface area (Å²) in [4.78, 5) is 28.6. The van der Waals surface area contributed by atoms with E-state index in [1.54, 1.807) is 30.3 Å². The number of aliphatic hydroxyl groups is 1. The van der Waals surface area contributed by atoms with Crippen molar-refractivity contribution in [2.45, 2.75) is 19.4 Å². The molecular formula is C29H23NO6. The zero-order valence-corrected chi connectivity index (χ0v) is 19.6. The molecule has 1 aromatic heterocycles. The van der Waals surface area contributed by atoms with Crippen molar-refractivity contribution in [3.05, 3.63) is 101 Å². The number of fused-ring (bicyclic) bond motifs is 2. The van der Waals surface area contributed by atoms with Crippen LogP contribution in [-0.4, -0.2) is 30.0 Å². The molecule has 1 unspecified atom stereocenters. The monoisotopic (exact) mass is 481 g/mol. The van der Waals surface area contributed by atoms with Crippen molar-refractivity contribution >= 4 is 28.3 Å². The molecule has 4 aromatic rings. The number of furan rings is 1. The van der Waals surface area contributed by atoms with Crippen LogP contribution < -0.4 is 14.4 Å². The standard InChI is InChI=1S/C29H23NO6/c1-2-17-7-9-18(10-8-17)26-25(27(31)24-15-19-5-3-4-6-21(19)36-24)28(32)29(33)30(26)20-11-12-22-23(16-20)35-14-13-34-22/h3-12,15-16,26,32H,2,13-14H2,1H3. The number of para-hydroxylation sites is 1. The Morgan fingerprint density at radius 1 is 0.972 bits per heavy atom.